The van der Waals surface area contributed by atoms with E-state index in [0.717, 1.165) is 42.3 Å². The number of aryl methyl sites for hydroxylation is 1. The molecular formula is C19H25ClN2O5. The van der Waals surface area contributed by atoms with Gasteiger partial charge in [0.25, 0.3) is 0 Å². The fourth-order valence-corrected chi connectivity index (χ4v) is 2.38. The zero-order valence-corrected chi connectivity index (χ0v) is 16.4. The molecule has 0 bridgehead atoms. The zero-order valence-electron chi connectivity index (χ0n) is 15.7. The van der Waals surface area contributed by atoms with Gasteiger partial charge < -0.3 is 19.5 Å². The van der Waals surface area contributed by atoms with Crippen molar-refractivity contribution >= 4 is 23.5 Å². The van der Waals surface area contributed by atoms with Gasteiger partial charge in [-0.3, -0.25) is 0 Å². The van der Waals surface area contributed by atoms with E-state index in [1.807, 2.05) is 30.7 Å². The van der Waals surface area contributed by atoms with Gasteiger partial charge in [-0.25, -0.2) is 14.6 Å². The molecule has 27 heavy (non-hydrogen) atoms. The molecule has 0 radical (unpaired) electrons. The van der Waals surface area contributed by atoms with Crippen LogP contribution in [-0.2, 0) is 21.5 Å². The molecule has 1 aromatic carbocycles. The Kier molecular flexibility index (Phi) is 8.81. The number of ether oxygens (including phenoxy) is 1. The lowest BCUT2D eigenvalue weighted by Gasteiger charge is -2.23. The van der Waals surface area contributed by atoms with Gasteiger partial charge in [0.2, 0.25) is 0 Å². The third kappa shape index (κ3) is 8.59. The number of carbonyl (C=O) groups is 2. The highest BCUT2D eigenvalue weighted by Crippen LogP contribution is 2.33. The first kappa shape index (κ1) is 22.5. The first-order valence-corrected chi connectivity index (χ1v) is 8.84. The predicted molar refractivity (Wildman–Crippen MR) is 102 cm³/mol. The minimum atomic E-state index is -1.82. The van der Waals surface area contributed by atoms with E-state index < -0.39 is 11.9 Å². The molecule has 0 saturated carbocycles. The van der Waals surface area contributed by atoms with Crippen LogP contribution in [0.25, 0.3) is 0 Å². The van der Waals surface area contributed by atoms with Crippen LogP contribution in [0.2, 0.25) is 5.02 Å². The fourth-order valence-electron chi connectivity index (χ4n) is 2.21. The summed E-state index contributed by atoms with van der Waals surface area (Å²) < 4.78 is 8.04. The number of carboxylic acids is 2. The first-order valence-electron chi connectivity index (χ1n) is 8.46. The van der Waals surface area contributed by atoms with Crippen LogP contribution in [0, 0.1) is 0 Å². The summed E-state index contributed by atoms with van der Waals surface area (Å²) in [6, 6.07) is 5.86. The van der Waals surface area contributed by atoms with Crippen LogP contribution in [0.5, 0.6) is 5.75 Å². The predicted octanol–water partition coefficient (Wildman–Crippen LogP) is 3.85. The molecule has 0 atom stereocenters. The molecule has 8 heteroatoms. The molecule has 1 aromatic heterocycles. The van der Waals surface area contributed by atoms with Gasteiger partial charge in [-0.2, -0.15) is 0 Å². The van der Waals surface area contributed by atoms with Crippen molar-refractivity contribution < 1.29 is 24.5 Å². The molecule has 2 aromatic rings. The van der Waals surface area contributed by atoms with Crippen molar-refractivity contribution in [2.24, 2.45) is 0 Å². The number of rotatable bonds is 6. The number of benzene rings is 1. The van der Waals surface area contributed by atoms with Crippen LogP contribution in [0.3, 0.4) is 0 Å². The van der Waals surface area contributed by atoms with E-state index in [0.29, 0.717) is 0 Å². The molecule has 1 heterocycles. The van der Waals surface area contributed by atoms with Gasteiger partial charge in [0.15, 0.2) is 0 Å². The SMILES string of the molecule is CC(C)(C)c1cc(Cl)ccc1OCCCCn1ccnc1.O=C(O)C(=O)O. The second-order valence-corrected chi connectivity index (χ2v) is 7.29. The number of nitrogens with zero attached hydrogens (tertiary/aromatic N) is 2. The molecule has 0 fully saturated rings. The number of halogens is 1. The molecule has 0 saturated heterocycles. The Hall–Kier alpha value is -2.54. The van der Waals surface area contributed by atoms with Crippen LogP contribution in [-0.4, -0.2) is 38.3 Å². The molecule has 148 valence electrons. The minimum absolute atomic E-state index is 0.0248. The van der Waals surface area contributed by atoms with Crippen molar-refractivity contribution in [2.45, 2.75) is 45.6 Å². The third-order valence-electron chi connectivity index (χ3n) is 3.56. The highest BCUT2D eigenvalue weighted by Gasteiger charge is 2.19. The Bertz CT molecular complexity index is 727. The zero-order chi connectivity index (χ0) is 20.4. The highest BCUT2D eigenvalue weighted by atomic mass is 35.5. The van der Waals surface area contributed by atoms with E-state index in [4.69, 9.17) is 36.1 Å². The molecular weight excluding hydrogens is 372 g/mol. The number of aliphatic carboxylic acids is 2. The van der Waals surface area contributed by atoms with Crippen LogP contribution in [0.15, 0.2) is 36.9 Å². The Labute approximate surface area is 163 Å². The molecule has 0 aliphatic rings. The summed E-state index contributed by atoms with van der Waals surface area (Å²) in [4.78, 5) is 22.2. The topological polar surface area (TPSA) is 102 Å². The average Bonchev–Trinajstić information content (AvgIpc) is 3.08. The highest BCUT2D eigenvalue weighted by molar-refractivity contribution is 6.30. The summed E-state index contributed by atoms with van der Waals surface area (Å²) in [6.07, 6.45) is 7.73. The van der Waals surface area contributed by atoms with E-state index in [9.17, 15) is 0 Å². The largest absolute Gasteiger partial charge is 0.493 e. The lowest BCUT2D eigenvalue weighted by Crippen LogP contribution is -2.14. The van der Waals surface area contributed by atoms with Crippen LogP contribution in [0.1, 0.15) is 39.2 Å². The van der Waals surface area contributed by atoms with Crippen molar-refractivity contribution in [3.63, 3.8) is 0 Å². The van der Waals surface area contributed by atoms with Gasteiger partial charge in [0.1, 0.15) is 5.75 Å². The lowest BCUT2D eigenvalue weighted by molar-refractivity contribution is -0.159. The maximum atomic E-state index is 9.10. The Morgan fingerprint density at radius 3 is 2.37 bits per heavy atom. The average molecular weight is 397 g/mol. The van der Waals surface area contributed by atoms with E-state index in [2.05, 4.69) is 30.3 Å². The summed E-state index contributed by atoms with van der Waals surface area (Å²) in [5, 5.41) is 15.5. The fraction of sp³-hybridized carbons (Fsp3) is 0.421. The number of aromatic nitrogens is 2. The van der Waals surface area contributed by atoms with E-state index in [-0.39, 0.29) is 5.41 Å². The summed E-state index contributed by atoms with van der Waals surface area (Å²) in [7, 11) is 0. The van der Waals surface area contributed by atoms with Crippen molar-refractivity contribution in [2.75, 3.05) is 6.61 Å². The maximum absolute atomic E-state index is 9.10. The number of hydrogen-bond donors (Lipinski definition) is 2. The summed E-state index contributed by atoms with van der Waals surface area (Å²) in [6.45, 7) is 8.22. The summed E-state index contributed by atoms with van der Waals surface area (Å²) >= 11 is 6.10. The Morgan fingerprint density at radius 2 is 1.85 bits per heavy atom. The van der Waals surface area contributed by atoms with Gasteiger partial charge in [-0.05, 0) is 36.5 Å². The van der Waals surface area contributed by atoms with E-state index in [1.165, 1.54) is 0 Å². The molecule has 0 unspecified atom stereocenters. The van der Waals surface area contributed by atoms with Crippen molar-refractivity contribution in [3.8, 4) is 5.75 Å². The van der Waals surface area contributed by atoms with Crippen LogP contribution < -0.4 is 4.74 Å². The molecule has 0 aliphatic carbocycles. The molecule has 7 nitrogen and oxygen atoms in total. The third-order valence-corrected chi connectivity index (χ3v) is 3.80. The quantitative estimate of drug-likeness (QED) is 0.568. The minimum Gasteiger partial charge on any atom is -0.493 e. The van der Waals surface area contributed by atoms with Crippen molar-refractivity contribution in [1.29, 1.82) is 0 Å². The van der Waals surface area contributed by atoms with Crippen LogP contribution >= 0.6 is 11.6 Å². The normalized spacial score (nSPS) is 10.7. The second kappa shape index (κ2) is 10.6. The molecule has 2 N–H and O–H groups in total. The van der Waals surface area contributed by atoms with Gasteiger partial charge in [-0.15, -0.1) is 0 Å². The van der Waals surface area contributed by atoms with Gasteiger partial charge in [-0.1, -0.05) is 32.4 Å². The van der Waals surface area contributed by atoms with Crippen LogP contribution in [0.4, 0.5) is 0 Å². The maximum Gasteiger partial charge on any atom is 0.414 e. The van der Waals surface area contributed by atoms with E-state index >= 15 is 0 Å². The van der Waals surface area contributed by atoms with Crippen molar-refractivity contribution in [3.05, 3.63) is 47.5 Å². The molecule has 0 amide bonds. The molecule has 0 spiro atoms. The van der Waals surface area contributed by atoms with Gasteiger partial charge in [0, 0.05) is 29.5 Å². The Balaban J connectivity index is 0.000000527. The number of hydrogen-bond acceptors (Lipinski definition) is 4. The monoisotopic (exact) mass is 396 g/mol. The lowest BCUT2D eigenvalue weighted by atomic mass is 9.86. The molecule has 2 rings (SSSR count). The van der Waals surface area contributed by atoms with Gasteiger partial charge in [0.05, 0.1) is 12.9 Å². The second-order valence-electron chi connectivity index (χ2n) is 6.86. The number of carboxylic acid groups (broad SMARTS) is 2. The van der Waals surface area contributed by atoms with Crippen molar-refractivity contribution in [1.82, 2.24) is 9.55 Å². The number of imidazole rings is 1. The van der Waals surface area contributed by atoms with E-state index in [1.54, 1.807) is 6.20 Å². The smallest absolute Gasteiger partial charge is 0.414 e. The van der Waals surface area contributed by atoms with Gasteiger partial charge >= 0.3 is 11.9 Å². The Morgan fingerprint density at radius 1 is 1.19 bits per heavy atom. The summed E-state index contributed by atoms with van der Waals surface area (Å²) in [5.41, 5.74) is 1.18. The molecule has 0 aliphatic heterocycles. The number of unbranched alkanes of at least 4 members (excludes halogenated alkanes) is 1. The summed E-state index contributed by atoms with van der Waals surface area (Å²) in [5.74, 6) is -2.71. The first-order chi connectivity index (χ1) is 12.6. The standard InChI is InChI=1S/C17H23ClN2O.C2H2O4/c1-17(2,3)15-12-14(18)6-7-16(15)21-11-5-4-9-20-10-8-19-13-20;3-1(4)2(5)6/h6-8,10,12-13H,4-5,9,11H2,1-3H3;(H,3,4)(H,5,6).